The molecule has 0 amide bonds. The van der Waals surface area contributed by atoms with Gasteiger partial charge in [-0.05, 0) is 25.7 Å². The molecule has 1 N–H and O–H groups in total. The maximum atomic E-state index is 12.5. The van der Waals surface area contributed by atoms with Crippen LogP contribution in [0.4, 0.5) is 0 Å². The van der Waals surface area contributed by atoms with Gasteiger partial charge >= 0.3 is 0 Å². The van der Waals surface area contributed by atoms with E-state index in [-0.39, 0.29) is 23.2 Å². The lowest BCUT2D eigenvalue weighted by Gasteiger charge is -2.35. The van der Waals surface area contributed by atoms with Crippen molar-refractivity contribution in [2.45, 2.75) is 48.9 Å². The number of rotatable bonds is 2. The Morgan fingerprint density at radius 3 is 2.44 bits per heavy atom. The van der Waals surface area contributed by atoms with Crippen LogP contribution in [0.15, 0.2) is 17.6 Å². The third-order valence-corrected chi connectivity index (χ3v) is 5.75. The summed E-state index contributed by atoms with van der Waals surface area (Å²) in [6, 6.07) is -0.128. The molecule has 2 bridgehead atoms. The van der Waals surface area contributed by atoms with E-state index in [9.17, 15) is 13.5 Å². The van der Waals surface area contributed by atoms with Gasteiger partial charge in [0.05, 0.1) is 12.4 Å². The summed E-state index contributed by atoms with van der Waals surface area (Å²) in [5.74, 6) is 0. The number of fused-ring (bicyclic) bond motifs is 2. The van der Waals surface area contributed by atoms with E-state index in [1.54, 1.807) is 15.9 Å². The molecule has 3 rings (SSSR count). The van der Waals surface area contributed by atoms with Crippen molar-refractivity contribution in [1.82, 2.24) is 13.9 Å². The van der Waals surface area contributed by atoms with E-state index in [1.807, 2.05) is 0 Å². The van der Waals surface area contributed by atoms with Gasteiger partial charge in [-0.1, -0.05) is 0 Å². The fourth-order valence-electron chi connectivity index (χ4n) is 3.13. The Morgan fingerprint density at radius 2 is 1.94 bits per heavy atom. The van der Waals surface area contributed by atoms with Crippen molar-refractivity contribution in [2.75, 3.05) is 0 Å². The molecule has 2 unspecified atom stereocenters. The van der Waals surface area contributed by atoms with E-state index >= 15 is 0 Å². The normalized spacial score (nSPS) is 32.9. The van der Waals surface area contributed by atoms with E-state index in [2.05, 4.69) is 4.98 Å². The van der Waals surface area contributed by atoms with Gasteiger partial charge in [0.1, 0.15) is 0 Å². The zero-order valence-electron chi connectivity index (χ0n) is 10.2. The van der Waals surface area contributed by atoms with Crippen LogP contribution in [0.25, 0.3) is 0 Å². The van der Waals surface area contributed by atoms with E-state index in [4.69, 9.17) is 0 Å². The second kappa shape index (κ2) is 4.04. The van der Waals surface area contributed by atoms with Gasteiger partial charge < -0.3 is 9.67 Å². The van der Waals surface area contributed by atoms with Crippen LogP contribution in [0.1, 0.15) is 25.7 Å². The van der Waals surface area contributed by atoms with Crippen LogP contribution < -0.4 is 0 Å². The average Bonchev–Trinajstić information content (AvgIpc) is 2.83. The maximum Gasteiger partial charge on any atom is 0.262 e. The molecule has 100 valence electrons. The molecule has 6 nitrogen and oxygen atoms in total. The highest BCUT2D eigenvalue weighted by molar-refractivity contribution is 7.89. The lowest BCUT2D eigenvalue weighted by molar-refractivity contribution is 0.0767. The highest BCUT2D eigenvalue weighted by atomic mass is 32.2. The first-order valence-electron chi connectivity index (χ1n) is 6.18. The molecule has 0 saturated carbocycles. The maximum absolute atomic E-state index is 12.5. The molecule has 0 spiro atoms. The van der Waals surface area contributed by atoms with Crippen molar-refractivity contribution in [3.05, 3.63) is 12.5 Å². The second-order valence-electron chi connectivity index (χ2n) is 5.22. The minimum absolute atomic E-state index is 0.0641. The minimum Gasteiger partial charge on any atom is -0.393 e. The van der Waals surface area contributed by atoms with Crippen LogP contribution in [0.2, 0.25) is 0 Å². The Hall–Kier alpha value is -0.920. The van der Waals surface area contributed by atoms with E-state index < -0.39 is 10.0 Å². The predicted octanol–water partition coefficient (Wildman–Crippen LogP) is 0.0965. The summed E-state index contributed by atoms with van der Waals surface area (Å²) < 4.78 is 28.3. The lowest BCUT2D eigenvalue weighted by atomic mass is 10.0. The molecule has 0 aliphatic carbocycles. The number of nitrogens with zero attached hydrogens (tertiary/aromatic N) is 3. The molecular weight excluding hydrogens is 254 g/mol. The second-order valence-corrected chi connectivity index (χ2v) is 7.01. The van der Waals surface area contributed by atoms with E-state index in [0.29, 0.717) is 12.8 Å². The Morgan fingerprint density at radius 1 is 1.33 bits per heavy atom. The Bertz CT molecular complexity index is 540. The van der Waals surface area contributed by atoms with Crippen molar-refractivity contribution in [2.24, 2.45) is 7.05 Å². The van der Waals surface area contributed by atoms with Crippen LogP contribution in [0.3, 0.4) is 0 Å². The number of aromatic nitrogens is 2. The minimum atomic E-state index is -3.51. The lowest BCUT2D eigenvalue weighted by Crippen LogP contribution is -2.47. The Kier molecular flexibility index (Phi) is 2.72. The average molecular weight is 271 g/mol. The van der Waals surface area contributed by atoms with Gasteiger partial charge in [0.25, 0.3) is 10.0 Å². The third kappa shape index (κ3) is 1.77. The summed E-state index contributed by atoms with van der Waals surface area (Å²) in [7, 11) is -1.76. The van der Waals surface area contributed by atoms with E-state index in [0.717, 1.165) is 12.8 Å². The first-order valence-corrected chi connectivity index (χ1v) is 7.62. The quantitative estimate of drug-likeness (QED) is 0.827. The molecule has 0 aromatic carbocycles. The standard InChI is InChI=1S/C11H17N3O3S/c1-13-6-11(12-7-13)18(16,17)14-8-2-3-9(14)5-10(15)4-8/h6-10,15H,2-5H2,1H3. The summed E-state index contributed by atoms with van der Waals surface area (Å²) in [4.78, 5) is 3.95. The third-order valence-electron chi connectivity index (χ3n) is 3.86. The fourth-order valence-corrected chi connectivity index (χ4v) is 4.99. The van der Waals surface area contributed by atoms with Gasteiger partial charge in [-0.3, -0.25) is 0 Å². The fraction of sp³-hybridized carbons (Fsp3) is 0.727. The van der Waals surface area contributed by atoms with Crippen molar-refractivity contribution >= 4 is 10.0 Å². The number of hydrogen-bond donors (Lipinski definition) is 1. The largest absolute Gasteiger partial charge is 0.393 e. The zero-order chi connectivity index (χ0) is 12.9. The molecule has 2 aliphatic heterocycles. The molecule has 2 aliphatic rings. The van der Waals surface area contributed by atoms with E-state index in [1.165, 1.54) is 12.5 Å². The summed E-state index contributed by atoms with van der Waals surface area (Å²) in [6.07, 6.45) is 5.43. The van der Waals surface area contributed by atoms with Crippen molar-refractivity contribution in [1.29, 1.82) is 0 Å². The summed E-state index contributed by atoms with van der Waals surface area (Å²) >= 11 is 0. The first kappa shape index (κ1) is 12.1. The van der Waals surface area contributed by atoms with Gasteiger partial charge in [0.15, 0.2) is 5.03 Å². The Labute approximate surface area is 106 Å². The van der Waals surface area contributed by atoms with Crippen LogP contribution in [0.5, 0.6) is 0 Å². The van der Waals surface area contributed by atoms with Gasteiger partial charge in [-0.2, -0.15) is 4.31 Å². The molecule has 1 aromatic heterocycles. The summed E-state index contributed by atoms with van der Waals surface area (Å²) in [6.45, 7) is 0. The van der Waals surface area contributed by atoms with Gasteiger partial charge in [-0.25, -0.2) is 13.4 Å². The van der Waals surface area contributed by atoms with Gasteiger partial charge in [0.2, 0.25) is 0 Å². The zero-order valence-corrected chi connectivity index (χ0v) is 11.0. The molecule has 3 heterocycles. The number of piperidine rings is 1. The van der Waals surface area contributed by atoms with Crippen LogP contribution >= 0.6 is 0 Å². The first-order chi connectivity index (χ1) is 8.48. The number of hydrogen-bond acceptors (Lipinski definition) is 4. The van der Waals surface area contributed by atoms with Crippen molar-refractivity contribution in [3.63, 3.8) is 0 Å². The summed E-state index contributed by atoms with van der Waals surface area (Å²) in [5, 5.41) is 9.82. The predicted molar refractivity (Wildman–Crippen MR) is 64.3 cm³/mol. The highest BCUT2D eigenvalue weighted by Gasteiger charge is 2.47. The van der Waals surface area contributed by atoms with Crippen LogP contribution in [0, 0.1) is 0 Å². The van der Waals surface area contributed by atoms with Crippen molar-refractivity contribution in [3.8, 4) is 0 Å². The summed E-state index contributed by atoms with van der Waals surface area (Å²) in [5.41, 5.74) is 0. The van der Waals surface area contributed by atoms with Crippen LogP contribution in [-0.2, 0) is 17.1 Å². The molecular formula is C11H17N3O3S. The number of aliphatic hydroxyl groups excluding tert-OH is 1. The highest BCUT2D eigenvalue weighted by Crippen LogP contribution is 2.39. The molecule has 2 atom stereocenters. The Balaban J connectivity index is 1.96. The molecule has 0 radical (unpaired) electrons. The number of sulfonamides is 1. The smallest absolute Gasteiger partial charge is 0.262 e. The molecule has 7 heteroatoms. The van der Waals surface area contributed by atoms with Crippen LogP contribution in [-0.4, -0.2) is 45.6 Å². The monoisotopic (exact) mass is 271 g/mol. The van der Waals surface area contributed by atoms with Gasteiger partial charge in [0, 0.05) is 25.3 Å². The molecule has 2 fully saturated rings. The molecule has 1 aromatic rings. The molecule has 2 saturated heterocycles. The van der Waals surface area contributed by atoms with Crippen molar-refractivity contribution < 1.29 is 13.5 Å². The number of aryl methyl sites for hydroxylation is 1. The SMILES string of the molecule is Cn1cnc(S(=O)(=O)N2C3CCC2CC(O)C3)c1. The number of aliphatic hydroxyl groups is 1. The number of imidazole rings is 1. The topological polar surface area (TPSA) is 75.4 Å². The van der Waals surface area contributed by atoms with Gasteiger partial charge in [-0.15, -0.1) is 0 Å². The molecule has 18 heavy (non-hydrogen) atoms.